The first-order valence-electron chi connectivity index (χ1n) is 7.80. The summed E-state index contributed by atoms with van der Waals surface area (Å²) in [7, 11) is 0. The largest absolute Gasteiger partial charge is 0.463 e. The number of nitriles is 1. The lowest BCUT2D eigenvalue weighted by molar-refractivity contribution is -0.147. The van der Waals surface area contributed by atoms with Crippen molar-refractivity contribution in [1.82, 2.24) is 0 Å². The molecule has 0 spiro atoms. The molecule has 2 rings (SSSR count). The highest BCUT2D eigenvalue weighted by Crippen LogP contribution is 2.35. The molecule has 0 aliphatic rings. The molecule has 2 aromatic rings. The second-order valence-corrected chi connectivity index (χ2v) is 5.78. The molecule has 2 unspecified atom stereocenters. The van der Waals surface area contributed by atoms with E-state index in [4.69, 9.17) is 4.74 Å². The molecule has 0 amide bonds. The Balaban J connectivity index is 2.33. The number of carbonyl (C=O) groups excluding carboxylic acids is 1. The maximum atomic E-state index is 12.2. The normalized spacial score (nSPS) is 13.1. The van der Waals surface area contributed by atoms with Gasteiger partial charge in [0, 0.05) is 5.92 Å². The van der Waals surface area contributed by atoms with Crippen LogP contribution in [0, 0.1) is 11.3 Å². The summed E-state index contributed by atoms with van der Waals surface area (Å²) in [6, 6.07) is 21.7. The van der Waals surface area contributed by atoms with Gasteiger partial charge >= 0.3 is 5.97 Å². The number of nitrogens with zero attached hydrogens (tertiary/aromatic N) is 1. The van der Waals surface area contributed by atoms with E-state index in [0.717, 1.165) is 11.1 Å². The molecular formula is C20H21NO2. The van der Waals surface area contributed by atoms with E-state index in [2.05, 4.69) is 6.07 Å². The summed E-state index contributed by atoms with van der Waals surface area (Å²) in [5, 5.41) is 9.70. The molecular weight excluding hydrogens is 286 g/mol. The summed E-state index contributed by atoms with van der Waals surface area (Å²) in [5.74, 6) is -0.891. The van der Waals surface area contributed by atoms with Gasteiger partial charge in [0.15, 0.2) is 0 Å². The van der Waals surface area contributed by atoms with Crippen LogP contribution in [0.3, 0.4) is 0 Å². The van der Waals surface area contributed by atoms with Gasteiger partial charge in [-0.2, -0.15) is 5.26 Å². The van der Waals surface area contributed by atoms with Gasteiger partial charge in [0.1, 0.15) is 0 Å². The second kappa shape index (κ2) is 8.14. The number of hydrogen-bond donors (Lipinski definition) is 0. The second-order valence-electron chi connectivity index (χ2n) is 5.78. The van der Waals surface area contributed by atoms with Crippen LogP contribution in [0.15, 0.2) is 60.7 Å². The minimum absolute atomic E-state index is 0.156. The van der Waals surface area contributed by atoms with Gasteiger partial charge in [-0.3, -0.25) is 4.79 Å². The van der Waals surface area contributed by atoms with Gasteiger partial charge in [-0.05, 0) is 25.0 Å². The third-order valence-corrected chi connectivity index (χ3v) is 3.68. The molecule has 0 aliphatic carbocycles. The van der Waals surface area contributed by atoms with Crippen molar-refractivity contribution in [3.8, 4) is 6.07 Å². The van der Waals surface area contributed by atoms with Gasteiger partial charge in [0.2, 0.25) is 0 Å². The van der Waals surface area contributed by atoms with Crippen LogP contribution in [0.5, 0.6) is 0 Å². The number of carbonyl (C=O) groups is 1. The monoisotopic (exact) mass is 307 g/mol. The summed E-state index contributed by atoms with van der Waals surface area (Å²) >= 11 is 0. The lowest BCUT2D eigenvalue weighted by Gasteiger charge is -2.22. The van der Waals surface area contributed by atoms with E-state index in [1.165, 1.54) is 0 Å². The Hall–Kier alpha value is -2.60. The quantitative estimate of drug-likeness (QED) is 0.742. The first kappa shape index (κ1) is 16.8. The van der Waals surface area contributed by atoms with Crippen LogP contribution in [0.2, 0.25) is 0 Å². The third-order valence-electron chi connectivity index (χ3n) is 3.68. The topological polar surface area (TPSA) is 50.1 Å². The van der Waals surface area contributed by atoms with Crippen molar-refractivity contribution in [2.24, 2.45) is 0 Å². The Bertz CT molecular complexity index is 659. The van der Waals surface area contributed by atoms with E-state index >= 15 is 0 Å². The van der Waals surface area contributed by atoms with Gasteiger partial charge in [0.25, 0.3) is 0 Å². The average molecular weight is 307 g/mol. The highest BCUT2D eigenvalue weighted by atomic mass is 16.5. The highest BCUT2D eigenvalue weighted by molar-refractivity contribution is 5.71. The van der Waals surface area contributed by atoms with E-state index in [0.29, 0.717) is 0 Å². The Morgan fingerprint density at radius 3 is 2.00 bits per heavy atom. The standard InChI is InChI=1S/C20H21NO2/c1-15(2)23-20(22)13-18(16-9-5-3-6-10-16)19(14-21)17-11-7-4-8-12-17/h3-12,15,18-19H,13H2,1-2H3. The molecule has 3 heteroatoms. The lowest BCUT2D eigenvalue weighted by atomic mass is 9.80. The summed E-state index contributed by atoms with van der Waals surface area (Å²) in [4.78, 5) is 12.2. The van der Waals surface area contributed by atoms with Gasteiger partial charge in [-0.15, -0.1) is 0 Å². The Labute approximate surface area is 137 Å². The van der Waals surface area contributed by atoms with Crippen LogP contribution in [-0.2, 0) is 9.53 Å². The number of esters is 1. The predicted octanol–water partition coefficient (Wildman–Crippen LogP) is 4.42. The van der Waals surface area contributed by atoms with Crippen LogP contribution in [0.4, 0.5) is 0 Å². The van der Waals surface area contributed by atoms with Crippen LogP contribution < -0.4 is 0 Å². The molecule has 0 saturated carbocycles. The number of benzene rings is 2. The van der Waals surface area contributed by atoms with Crippen molar-refractivity contribution >= 4 is 5.97 Å². The van der Waals surface area contributed by atoms with Crippen molar-refractivity contribution in [2.45, 2.75) is 38.2 Å². The molecule has 23 heavy (non-hydrogen) atoms. The fourth-order valence-electron chi connectivity index (χ4n) is 2.68. The van der Waals surface area contributed by atoms with Gasteiger partial charge in [-0.1, -0.05) is 60.7 Å². The zero-order valence-electron chi connectivity index (χ0n) is 13.5. The van der Waals surface area contributed by atoms with Crippen LogP contribution in [0.25, 0.3) is 0 Å². The molecule has 0 radical (unpaired) electrons. The Morgan fingerprint density at radius 1 is 1.00 bits per heavy atom. The minimum Gasteiger partial charge on any atom is -0.463 e. The summed E-state index contributed by atoms with van der Waals surface area (Å²) < 4.78 is 5.28. The molecule has 2 atom stereocenters. The number of hydrogen-bond acceptors (Lipinski definition) is 3. The average Bonchev–Trinajstić information content (AvgIpc) is 2.56. The van der Waals surface area contributed by atoms with Crippen LogP contribution in [0.1, 0.15) is 43.2 Å². The van der Waals surface area contributed by atoms with Crippen LogP contribution >= 0.6 is 0 Å². The number of ether oxygens (including phenoxy) is 1. The van der Waals surface area contributed by atoms with E-state index in [-0.39, 0.29) is 24.4 Å². The molecule has 0 aliphatic heterocycles. The van der Waals surface area contributed by atoms with Gasteiger partial charge in [0.05, 0.1) is 24.5 Å². The minimum atomic E-state index is -0.390. The van der Waals surface area contributed by atoms with Crippen molar-refractivity contribution in [1.29, 1.82) is 5.26 Å². The molecule has 0 N–H and O–H groups in total. The summed E-state index contributed by atoms with van der Waals surface area (Å²) in [5.41, 5.74) is 1.89. The first-order chi connectivity index (χ1) is 11.1. The molecule has 3 nitrogen and oxygen atoms in total. The van der Waals surface area contributed by atoms with Crippen molar-refractivity contribution in [3.05, 3.63) is 71.8 Å². The zero-order chi connectivity index (χ0) is 16.7. The fourth-order valence-corrected chi connectivity index (χ4v) is 2.68. The predicted molar refractivity (Wildman–Crippen MR) is 89.8 cm³/mol. The molecule has 0 aromatic heterocycles. The van der Waals surface area contributed by atoms with E-state index < -0.39 is 5.92 Å². The highest BCUT2D eigenvalue weighted by Gasteiger charge is 2.28. The first-order valence-corrected chi connectivity index (χ1v) is 7.80. The van der Waals surface area contributed by atoms with E-state index in [1.54, 1.807) is 0 Å². The molecule has 118 valence electrons. The lowest BCUT2D eigenvalue weighted by Crippen LogP contribution is -2.19. The third kappa shape index (κ3) is 4.69. The molecule has 2 aromatic carbocycles. The van der Waals surface area contributed by atoms with Crippen LogP contribution in [-0.4, -0.2) is 12.1 Å². The Morgan fingerprint density at radius 2 is 1.52 bits per heavy atom. The zero-order valence-corrected chi connectivity index (χ0v) is 13.5. The Kier molecular flexibility index (Phi) is 5.94. The maximum absolute atomic E-state index is 12.2. The maximum Gasteiger partial charge on any atom is 0.306 e. The van der Waals surface area contributed by atoms with Crippen molar-refractivity contribution < 1.29 is 9.53 Å². The molecule has 0 fully saturated rings. The smallest absolute Gasteiger partial charge is 0.306 e. The molecule has 0 bridgehead atoms. The van der Waals surface area contributed by atoms with Gasteiger partial charge in [-0.25, -0.2) is 0 Å². The van der Waals surface area contributed by atoms with Crippen molar-refractivity contribution in [3.63, 3.8) is 0 Å². The van der Waals surface area contributed by atoms with Gasteiger partial charge < -0.3 is 4.74 Å². The summed E-state index contributed by atoms with van der Waals surface area (Å²) in [6.07, 6.45) is 0.0335. The molecule has 0 saturated heterocycles. The summed E-state index contributed by atoms with van der Waals surface area (Å²) in [6.45, 7) is 3.66. The molecule has 0 heterocycles. The van der Waals surface area contributed by atoms with E-state index in [1.807, 2.05) is 74.5 Å². The van der Waals surface area contributed by atoms with Crippen molar-refractivity contribution in [2.75, 3.05) is 0 Å². The fraction of sp³-hybridized carbons (Fsp3) is 0.300. The number of rotatable bonds is 6. The van der Waals surface area contributed by atoms with E-state index in [9.17, 15) is 10.1 Å². The SMILES string of the molecule is CC(C)OC(=O)CC(c1ccccc1)C(C#N)c1ccccc1.